The molecule has 3 aromatic rings. The standard InChI is InChI=1S/C28H34FN7O2/c1-37-25-18-21(12-13-24(25)38-20-22-10-4-5-11-23(22)29)19-30-34-26-31-27(35-14-6-2-7-15-35)33-28(32-26)36-16-8-3-9-17-36/h4-5,10-13,18-19H,2-3,6-9,14-17,20H2,1H3,(H,31,32,33,34)/b30-19+. The SMILES string of the molecule is COc1cc(/C=N/Nc2nc(N3CCCCC3)nc(N3CCCCC3)n2)ccc1OCc1ccccc1F. The third-order valence-corrected chi connectivity index (χ3v) is 6.80. The summed E-state index contributed by atoms with van der Waals surface area (Å²) in [5.41, 5.74) is 4.28. The van der Waals surface area contributed by atoms with Crippen LogP contribution < -0.4 is 24.7 Å². The zero-order valence-electron chi connectivity index (χ0n) is 21.8. The Balaban J connectivity index is 1.29. The van der Waals surface area contributed by atoms with Gasteiger partial charge in [-0.3, -0.25) is 0 Å². The van der Waals surface area contributed by atoms with Crippen LogP contribution in [0.5, 0.6) is 11.5 Å². The molecule has 0 saturated carbocycles. The van der Waals surface area contributed by atoms with Crippen molar-refractivity contribution in [2.75, 3.05) is 48.5 Å². The quantitative estimate of drug-likeness (QED) is 0.311. The van der Waals surface area contributed by atoms with Crippen molar-refractivity contribution < 1.29 is 13.9 Å². The highest BCUT2D eigenvalue weighted by Gasteiger charge is 2.20. The van der Waals surface area contributed by atoms with Crippen molar-refractivity contribution in [1.29, 1.82) is 0 Å². The van der Waals surface area contributed by atoms with Gasteiger partial charge in [0.15, 0.2) is 11.5 Å². The Bertz CT molecular complexity index is 1210. The third-order valence-electron chi connectivity index (χ3n) is 6.80. The number of nitrogens with one attached hydrogen (secondary N) is 1. The third kappa shape index (κ3) is 6.48. The van der Waals surface area contributed by atoms with Crippen LogP contribution in [0.25, 0.3) is 0 Å². The summed E-state index contributed by atoms with van der Waals surface area (Å²) in [6, 6.07) is 12.0. The van der Waals surface area contributed by atoms with E-state index in [1.54, 1.807) is 37.6 Å². The summed E-state index contributed by atoms with van der Waals surface area (Å²) >= 11 is 0. The minimum atomic E-state index is -0.300. The van der Waals surface area contributed by atoms with Crippen LogP contribution in [0.15, 0.2) is 47.6 Å². The summed E-state index contributed by atoms with van der Waals surface area (Å²) in [6.45, 7) is 3.93. The molecule has 2 saturated heterocycles. The van der Waals surface area contributed by atoms with Crippen molar-refractivity contribution in [1.82, 2.24) is 15.0 Å². The molecule has 2 fully saturated rings. The van der Waals surface area contributed by atoms with Crippen LogP contribution in [-0.4, -0.2) is 54.5 Å². The van der Waals surface area contributed by atoms with Gasteiger partial charge in [0.05, 0.1) is 13.3 Å². The lowest BCUT2D eigenvalue weighted by molar-refractivity contribution is 0.279. The van der Waals surface area contributed by atoms with Crippen molar-refractivity contribution in [2.24, 2.45) is 5.10 Å². The van der Waals surface area contributed by atoms with Gasteiger partial charge < -0.3 is 19.3 Å². The Morgan fingerprint density at radius 1 is 0.868 bits per heavy atom. The lowest BCUT2D eigenvalue weighted by Gasteiger charge is -2.30. The van der Waals surface area contributed by atoms with Gasteiger partial charge in [0.25, 0.3) is 0 Å². The maximum atomic E-state index is 13.9. The fourth-order valence-electron chi connectivity index (χ4n) is 4.69. The van der Waals surface area contributed by atoms with Gasteiger partial charge in [0.2, 0.25) is 17.8 Å². The Morgan fingerprint density at radius 3 is 2.16 bits per heavy atom. The highest BCUT2D eigenvalue weighted by molar-refractivity contribution is 5.81. The van der Waals surface area contributed by atoms with Crippen LogP contribution in [0.4, 0.5) is 22.2 Å². The van der Waals surface area contributed by atoms with Gasteiger partial charge >= 0.3 is 0 Å². The van der Waals surface area contributed by atoms with E-state index in [2.05, 4.69) is 30.3 Å². The maximum absolute atomic E-state index is 13.9. The smallest absolute Gasteiger partial charge is 0.250 e. The van der Waals surface area contributed by atoms with Gasteiger partial charge in [-0.05, 0) is 68.4 Å². The normalized spacial score (nSPS) is 16.1. The zero-order valence-corrected chi connectivity index (χ0v) is 21.8. The highest BCUT2D eigenvalue weighted by Crippen LogP contribution is 2.29. The molecule has 9 nitrogen and oxygen atoms in total. The summed E-state index contributed by atoms with van der Waals surface area (Å²) in [5.74, 6) is 2.59. The van der Waals surface area contributed by atoms with Gasteiger partial charge in [0.1, 0.15) is 12.4 Å². The second-order valence-electron chi connectivity index (χ2n) is 9.51. The van der Waals surface area contributed by atoms with E-state index in [9.17, 15) is 4.39 Å². The van der Waals surface area contributed by atoms with E-state index < -0.39 is 0 Å². The highest BCUT2D eigenvalue weighted by atomic mass is 19.1. The maximum Gasteiger partial charge on any atom is 0.250 e. The number of hydrazone groups is 1. The molecule has 0 atom stereocenters. The molecule has 0 bridgehead atoms. The Morgan fingerprint density at radius 2 is 1.53 bits per heavy atom. The lowest BCUT2D eigenvalue weighted by Crippen LogP contribution is -2.34. The van der Waals surface area contributed by atoms with E-state index in [1.165, 1.54) is 18.9 Å². The van der Waals surface area contributed by atoms with E-state index in [1.807, 2.05) is 12.1 Å². The number of anilines is 3. The van der Waals surface area contributed by atoms with E-state index in [4.69, 9.17) is 14.5 Å². The molecule has 2 aliphatic heterocycles. The van der Waals surface area contributed by atoms with E-state index >= 15 is 0 Å². The molecule has 0 amide bonds. The molecule has 0 unspecified atom stereocenters. The second-order valence-corrected chi connectivity index (χ2v) is 9.51. The molecule has 200 valence electrons. The summed E-state index contributed by atoms with van der Waals surface area (Å²) < 4.78 is 25.2. The fourth-order valence-corrected chi connectivity index (χ4v) is 4.69. The summed E-state index contributed by atoms with van der Waals surface area (Å²) in [7, 11) is 1.57. The summed E-state index contributed by atoms with van der Waals surface area (Å²) in [4.78, 5) is 18.6. The van der Waals surface area contributed by atoms with E-state index in [0.717, 1.165) is 57.4 Å². The van der Waals surface area contributed by atoms with Crippen molar-refractivity contribution in [2.45, 2.75) is 45.1 Å². The average Bonchev–Trinajstić information content (AvgIpc) is 2.98. The first-order chi connectivity index (χ1) is 18.7. The molecule has 38 heavy (non-hydrogen) atoms. The number of rotatable bonds is 9. The minimum Gasteiger partial charge on any atom is -0.493 e. The summed E-state index contributed by atoms with van der Waals surface area (Å²) in [6.07, 6.45) is 8.74. The van der Waals surface area contributed by atoms with Gasteiger partial charge in [-0.15, -0.1) is 0 Å². The monoisotopic (exact) mass is 519 g/mol. The van der Waals surface area contributed by atoms with E-state index in [0.29, 0.717) is 34.9 Å². The number of ether oxygens (including phenoxy) is 2. The number of aromatic nitrogens is 3. The predicted molar refractivity (Wildman–Crippen MR) is 147 cm³/mol. The molecule has 2 aliphatic rings. The van der Waals surface area contributed by atoms with Crippen LogP contribution >= 0.6 is 0 Å². The Labute approximate surface area is 222 Å². The molecule has 1 aromatic heterocycles. The molecule has 10 heteroatoms. The van der Waals surface area contributed by atoms with Crippen molar-refractivity contribution in [3.8, 4) is 11.5 Å². The van der Waals surface area contributed by atoms with Crippen molar-refractivity contribution >= 4 is 24.1 Å². The van der Waals surface area contributed by atoms with Gasteiger partial charge in [0, 0.05) is 31.7 Å². The summed E-state index contributed by atoms with van der Waals surface area (Å²) in [5, 5.41) is 4.38. The average molecular weight is 520 g/mol. The van der Waals surface area contributed by atoms with Crippen molar-refractivity contribution in [3.63, 3.8) is 0 Å². The van der Waals surface area contributed by atoms with Crippen LogP contribution in [0.3, 0.4) is 0 Å². The Kier molecular flexibility index (Phi) is 8.47. The number of hydrogen-bond acceptors (Lipinski definition) is 9. The molecule has 1 N–H and O–H groups in total. The fraction of sp³-hybridized carbons (Fsp3) is 0.429. The number of hydrogen-bond donors (Lipinski definition) is 1. The number of benzene rings is 2. The molecule has 5 rings (SSSR count). The number of nitrogens with zero attached hydrogens (tertiary/aromatic N) is 6. The predicted octanol–water partition coefficient (Wildman–Crippen LogP) is 5.02. The topological polar surface area (TPSA) is 88.0 Å². The van der Waals surface area contributed by atoms with Crippen molar-refractivity contribution in [3.05, 3.63) is 59.4 Å². The van der Waals surface area contributed by atoms with Crippen LogP contribution in [-0.2, 0) is 6.61 Å². The molecule has 0 aliphatic carbocycles. The Hall–Kier alpha value is -3.95. The number of methoxy groups -OCH3 is 1. The lowest BCUT2D eigenvalue weighted by atomic mass is 10.1. The molecule has 2 aromatic carbocycles. The van der Waals surface area contributed by atoms with Crippen LogP contribution in [0.1, 0.15) is 49.7 Å². The van der Waals surface area contributed by atoms with E-state index in [-0.39, 0.29) is 12.4 Å². The number of piperidine rings is 2. The van der Waals surface area contributed by atoms with Gasteiger partial charge in [-0.2, -0.15) is 20.1 Å². The molecular formula is C28H34FN7O2. The first kappa shape index (κ1) is 25.7. The molecule has 0 radical (unpaired) electrons. The second kappa shape index (κ2) is 12.5. The van der Waals surface area contributed by atoms with Gasteiger partial charge in [-0.25, -0.2) is 9.82 Å². The largest absolute Gasteiger partial charge is 0.493 e. The van der Waals surface area contributed by atoms with Gasteiger partial charge in [-0.1, -0.05) is 18.2 Å². The molecular weight excluding hydrogens is 485 g/mol. The minimum absolute atomic E-state index is 0.107. The molecule has 0 spiro atoms. The number of halogens is 1. The zero-order chi connectivity index (χ0) is 26.2. The van der Waals surface area contributed by atoms with Crippen LogP contribution in [0.2, 0.25) is 0 Å². The first-order valence-corrected chi connectivity index (χ1v) is 13.3. The van der Waals surface area contributed by atoms with Crippen LogP contribution in [0, 0.1) is 5.82 Å². The molecule has 3 heterocycles. The first-order valence-electron chi connectivity index (χ1n) is 13.3.